The summed E-state index contributed by atoms with van der Waals surface area (Å²) in [5.41, 5.74) is 0.255. The van der Waals surface area contributed by atoms with Crippen molar-refractivity contribution < 1.29 is 23.4 Å². The Kier molecular flexibility index (Phi) is 5.50. The quantitative estimate of drug-likeness (QED) is 0.669. The molecule has 1 N–H and O–H groups in total. The molecule has 0 radical (unpaired) electrons. The fourth-order valence-corrected chi connectivity index (χ4v) is 2.69. The highest BCUT2D eigenvalue weighted by Crippen LogP contribution is 2.33. The van der Waals surface area contributed by atoms with Crippen molar-refractivity contribution in [2.75, 3.05) is 0 Å². The van der Waals surface area contributed by atoms with E-state index in [2.05, 4.69) is 15.2 Å². The number of alkyl halides is 2. The number of ether oxygens (including phenoxy) is 2. The van der Waals surface area contributed by atoms with Crippen LogP contribution in [0, 0.1) is 6.92 Å². The van der Waals surface area contributed by atoms with E-state index in [0.29, 0.717) is 5.56 Å². The number of halogens is 3. The van der Waals surface area contributed by atoms with Gasteiger partial charge in [0.1, 0.15) is 23.9 Å². The molecule has 3 rings (SSSR count). The van der Waals surface area contributed by atoms with Crippen molar-refractivity contribution >= 4 is 11.6 Å². The summed E-state index contributed by atoms with van der Waals surface area (Å²) >= 11 is 6.06. The van der Waals surface area contributed by atoms with Gasteiger partial charge in [0, 0.05) is 13.1 Å². The maximum atomic E-state index is 12.8. The third-order valence-corrected chi connectivity index (χ3v) is 4.19. The molecule has 0 saturated carbocycles. The Bertz CT molecular complexity index is 1070. The van der Waals surface area contributed by atoms with E-state index in [0.717, 1.165) is 9.36 Å². The summed E-state index contributed by atoms with van der Waals surface area (Å²) in [7, 11) is 1.40. The predicted molar refractivity (Wildman–Crippen MR) is 95.4 cm³/mol. The molecule has 0 amide bonds. The van der Waals surface area contributed by atoms with Gasteiger partial charge in [-0.2, -0.15) is 18.1 Å². The normalized spacial score (nSPS) is 11.1. The Hall–Kier alpha value is -3.14. The van der Waals surface area contributed by atoms with Gasteiger partial charge in [0.15, 0.2) is 0 Å². The van der Waals surface area contributed by atoms with E-state index in [1.807, 2.05) is 0 Å². The first kappa shape index (κ1) is 19.6. The van der Waals surface area contributed by atoms with Crippen LogP contribution in [0.5, 0.6) is 17.2 Å². The molecule has 0 fully saturated rings. The van der Waals surface area contributed by atoms with Crippen LogP contribution in [0.1, 0.15) is 11.1 Å². The molecule has 3 aromatic rings. The molecular formula is C17H15ClF2N4O4. The van der Waals surface area contributed by atoms with Crippen molar-refractivity contribution in [3.63, 3.8) is 0 Å². The van der Waals surface area contributed by atoms with E-state index >= 15 is 0 Å². The minimum Gasteiger partial charge on any atom is -0.508 e. The molecule has 1 aromatic heterocycles. The molecule has 0 saturated heterocycles. The molecule has 1 heterocycles. The molecule has 0 unspecified atom stereocenters. The molecule has 28 heavy (non-hydrogen) atoms. The van der Waals surface area contributed by atoms with E-state index in [4.69, 9.17) is 16.3 Å². The predicted octanol–water partition coefficient (Wildman–Crippen LogP) is 2.81. The molecule has 0 aliphatic carbocycles. The molecule has 0 aliphatic rings. The van der Waals surface area contributed by atoms with Crippen LogP contribution >= 0.6 is 11.6 Å². The number of aromatic hydroxyl groups is 1. The Morgan fingerprint density at radius 3 is 2.64 bits per heavy atom. The number of hydrogen-bond donors (Lipinski definition) is 1. The van der Waals surface area contributed by atoms with Crippen molar-refractivity contribution in [2.24, 2.45) is 7.05 Å². The number of tetrazole rings is 1. The summed E-state index contributed by atoms with van der Waals surface area (Å²) < 4.78 is 37.8. The minimum absolute atomic E-state index is 0.00872. The van der Waals surface area contributed by atoms with Gasteiger partial charge in [-0.15, -0.1) is 0 Å². The van der Waals surface area contributed by atoms with Gasteiger partial charge in [-0.05, 0) is 41.1 Å². The summed E-state index contributed by atoms with van der Waals surface area (Å²) in [6.07, 6.45) is 0. The van der Waals surface area contributed by atoms with Gasteiger partial charge >= 0.3 is 12.3 Å². The lowest BCUT2D eigenvalue weighted by Gasteiger charge is -2.16. The van der Waals surface area contributed by atoms with E-state index in [9.17, 15) is 18.7 Å². The number of phenolic OH excluding ortho intramolecular Hbond substituents is 1. The summed E-state index contributed by atoms with van der Waals surface area (Å²) in [5.74, 6) is 0.0310. The van der Waals surface area contributed by atoms with E-state index in [1.165, 1.54) is 37.4 Å². The molecule has 2 aromatic carbocycles. The second-order valence-electron chi connectivity index (χ2n) is 5.79. The van der Waals surface area contributed by atoms with Crippen LogP contribution in [0.25, 0.3) is 5.69 Å². The Morgan fingerprint density at radius 2 is 2.00 bits per heavy atom. The van der Waals surface area contributed by atoms with Crippen LogP contribution in [0.4, 0.5) is 8.78 Å². The number of nitrogens with zero attached hydrogens (tertiary/aromatic N) is 4. The maximum Gasteiger partial charge on any atom is 0.387 e. The smallest absolute Gasteiger partial charge is 0.387 e. The Balaban J connectivity index is 2.03. The third-order valence-electron chi connectivity index (χ3n) is 3.90. The van der Waals surface area contributed by atoms with Gasteiger partial charge < -0.3 is 14.6 Å². The molecule has 148 valence electrons. The Morgan fingerprint density at radius 1 is 1.25 bits per heavy atom. The zero-order chi connectivity index (χ0) is 20.4. The number of benzene rings is 2. The number of aryl methyl sites for hydroxylation is 2. The average Bonchev–Trinajstić information content (AvgIpc) is 2.96. The van der Waals surface area contributed by atoms with Crippen LogP contribution < -0.4 is 15.2 Å². The molecule has 0 bridgehead atoms. The molecule has 0 atom stereocenters. The molecule has 0 spiro atoms. The van der Waals surface area contributed by atoms with Gasteiger partial charge in [-0.25, -0.2) is 4.79 Å². The highest BCUT2D eigenvalue weighted by Gasteiger charge is 2.19. The lowest BCUT2D eigenvalue weighted by atomic mass is 10.1. The number of rotatable bonds is 6. The van der Waals surface area contributed by atoms with Crippen molar-refractivity contribution in [1.82, 2.24) is 19.8 Å². The first-order valence-electron chi connectivity index (χ1n) is 7.96. The van der Waals surface area contributed by atoms with Crippen LogP contribution in [0.15, 0.2) is 35.1 Å². The summed E-state index contributed by atoms with van der Waals surface area (Å²) in [5, 5.41) is 17.2. The summed E-state index contributed by atoms with van der Waals surface area (Å²) in [4.78, 5) is 12.2. The van der Waals surface area contributed by atoms with Gasteiger partial charge in [0.25, 0.3) is 0 Å². The highest BCUT2D eigenvalue weighted by molar-refractivity contribution is 6.32. The van der Waals surface area contributed by atoms with E-state index in [1.54, 1.807) is 6.92 Å². The number of phenols is 1. The van der Waals surface area contributed by atoms with Crippen LogP contribution in [0.3, 0.4) is 0 Å². The first-order chi connectivity index (χ1) is 13.3. The maximum absolute atomic E-state index is 12.8. The number of aromatic nitrogens is 4. The van der Waals surface area contributed by atoms with Crippen molar-refractivity contribution in [3.8, 4) is 22.9 Å². The van der Waals surface area contributed by atoms with Crippen LogP contribution in [0.2, 0.25) is 5.02 Å². The highest BCUT2D eigenvalue weighted by atomic mass is 35.5. The van der Waals surface area contributed by atoms with Gasteiger partial charge in [-0.3, -0.25) is 0 Å². The molecule has 8 nitrogen and oxygen atoms in total. The third kappa shape index (κ3) is 3.91. The van der Waals surface area contributed by atoms with E-state index in [-0.39, 0.29) is 40.1 Å². The lowest BCUT2D eigenvalue weighted by molar-refractivity contribution is -0.0508. The largest absolute Gasteiger partial charge is 0.508 e. The minimum atomic E-state index is -3.08. The SMILES string of the molecule is Cc1cc(OCc2c(OC(F)F)cccc2-n2nnn(C)c2=O)c(Cl)cc1O. The average molecular weight is 413 g/mol. The fourth-order valence-electron chi connectivity index (χ4n) is 2.47. The van der Waals surface area contributed by atoms with Gasteiger partial charge in [0.2, 0.25) is 0 Å². The van der Waals surface area contributed by atoms with E-state index < -0.39 is 12.3 Å². The van der Waals surface area contributed by atoms with Gasteiger partial charge in [0.05, 0.1) is 16.3 Å². The fraction of sp³-hybridized carbons (Fsp3) is 0.235. The zero-order valence-corrected chi connectivity index (χ0v) is 15.5. The van der Waals surface area contributed by atoms with Gasteiger partial charge in [-0.1, -0.05) is 17.7 Å². The molecular weight excluding hydrogens is 398 g/mol. The van der Waals surface area contributed by atoms with Crippen molar-refractivity contribution in [2.45, 2.75) is 20.1 Å². The lowest BCUT2D eigenvalue weighted by Crippen LogP contribution is -2.23. The molecule has 0 aliphatic heterocycles. The second-order valence-corrected chi connectivity index (χ2v) is 6.19. The second kappa shape index (κ2) is 7.85. The Labute approximate surface area is 162 Å². The monoisotopic (exact) mass is 412 g/mol. The van der Waals surface area contributed by atoms with Crippen LogP contribution in [-0.2, 0) is 13.7 Å². The topological polar surface area (TPSA) is 91.4 Å². The number of hydrogen-bond acceptors (Lipinski definition) is 6. The van der Waals surface area contributed by atoms with Crippen LogP contribution in [-0.4, -0.2) is 31.5 Å². The van der Waals surface area contributed by atoms with Crippen molar-refractivity contribution in [1.29, 1.82) is 0 Å². The van der Waals surface area contributed by atoms with Crippen molar-refractivity contribution in [3.05, 3.63) is 57.0 Å². The summed E-state index contributed by atoms with van der Waals surface area (Å²) in [6.45, 7) is -1.69. The standard InChI is InChI=1S/C17H15ClF2N4O4/c1-9-6-15(11(18)7-13(9)25)27-8-10-12(24-17(26)23(2)21-22-24)4-3-5-14(10)28-16(19)20/h3-7,16,25H,8H2,1-2H3. The summed E-state index contributed by atoms with van der Waals surface area (Å²) in [6, 6.07) is 7.07. The molecule has 11 heteroatoms. The first-order valence-corrected chi connectivity index (χ1v) is 8.33. The zero-order valence-electron chi connectivity index (χ0n) is 14.8.